The predicted molar refractivity (Wildman–Crippen MR) is 202 cm³/mol. The molecule has 1 aliphatic rings. The second-order valence-electron chi connectivity index (χ2n) is 14.1. The fourth-order valence-corrected chi connectivity index (χ4v) is 7.54. The van der Waals surface area contributed by atoms with Crippen molar-refractivity contribution < 1.29 is 41.5 Å². The number of aromatic nitrogens is 2. The van der Waals surface area contributed by atoms with E-state index in [9.17, 15) is 28.1 Å². The molecule has 1 aliphatic heterocycles. The molecule has 0 saturated carbocycles. The number of ether oxygens (including phenoxy) is 4. The van der Waals surface area contributed by atoms with Gasteiger partial charge in [-0.2, -0.15) is 4.39 Å². The smallest absolute Gasteiger partial charge is 0.410 e. The fourth-order valence-electron chi connectivity index (χ4n) is 6.20. The van der Waals surface area contributed by atoms with E-state index in [0.29, 0.717) is 25.9 Å². The monoisotopic (exact) mass is 776 g/mol. The van der Waals surface area contributed by atoms with Gasteiger partial charge in [-0.3, -0.25) is 14.9 Å². The largest absolute Gasteiger partial charge is 0.488 e. The van der Waals surface area contributed by atoms with Crippen LogP contribution in [-0.4, -0.2) is 70.9 Å². The van der Waals surface area contributed by atoms with E-state index < -0.39 is 31.9 Å². The van der Waals surface area contributed by atoms with Crippen molar-refractivity contribution in [3.63, 3.8) is 0 Å². The number of nitro benzene ring substituents is 1. The lowest BCUT2D eigenvalue weighted by Crippen LogP contribution is -2.43. The van der Waals surface area contributed by atoms with Crippen molar-refractivity contribution in [3.8, 4) is 28.4 Å². The number of non-ortho nitro benzene ring substituents is 1. The third-order valence-electron chi connectivity index (χ3n) is 8.97. The molecule has 1 fully saturated rings. The summed E-state index contributed by atoms with van der Waals surface area (Å²) in [7, 11) is -2.80. The van der Waals surface area contributed by atoms with Crippen LogP contribution < -0.4 is 15.0 Å². The number of amides is 1. The van der Waals surface area contributed by atoms with Crippen LogP contribution in [0.2, 0.25) is 0 Å². The highest BCUT2D eigenvalue weighted by Gasteiger charge is 2.28. The first-order chi connectivity index (χ1) is 26.0. The molecule has 0 N–H and O–H groups in total. The summed E-state index contributed by atoms with van der Waals surface area (Å²) >= 11 is 0. The lowest BCUT2D eigenvalue weighted by Gasteiger charge is -2.33. The van der Waals surface area contributed by atoms with Crippen LogP contribution in [0, 0.1) is 22.9 Å². The molecule has 0 radical (unpaired) electrons. The molecule has 1 saturated heterocycles. The highest BCUT2D eigenvalue weighted by Crippen LogP contribution is 2.41. The van der Waals surface area contributed by atoms with E-state index in [4.69, 9.17) is 18.9 Å². The number of nitro groups is 1. The summed E-state index contributed by atoms with van der Waals surface area (Å²) in [6, 6.07) is 15.6. The van der Waals surface area contributed by atoms with E-state index in [-0.39, 0.29) is 75.3 Å². The zero-order chi connectivity index (χ0) is 39.7. The van der Waals surface area contributed by atoms with Gasteiger partial charge in [0.25, 0.3) is 21.3 Å². The number of carbonyl (C=O) groups excluding carboxylic acids is 1. The van der Waals surface area contributed by atoms with Crippen LogP contribution in [0.4, 0.5) is 14.9 Å². The molecule has 3 aromatic carbocycles. The first kappa shape index (κ1) is 39.0. The lowest BCUT2D eigenvalue weighted by atomic mass is 10.0. The molecule has 290 valence electrons. The standard InChI is InChI=1S/C39H41FN4O10S/c1-25-9-12-28(13-10-25)55(49,50)43-20-17-29-31(24-41(5)37(45)36(29)43)30-23-26(44(47)48)11-14-32(30)53-34-8-6-7-33(35(34)40)52-22-21-51-27-15-18-42(19-16-27)38(46)54-39(2,3)4/h6-14,17,20,23-24,27H,15-16,18-19,21-22H2,1-5H3. The number of aryl methyl sites for hydroxylation is 2. The Balaban J connectivity index is 1.22. The first-order valence-electron chi connectivity index (χ1n) is 17.5. The molecule has 55 heavy (non-hydrogen) atoms. The second-order valence-corrected chi connectivity index (χ2v) is 16.0. The van der Waals surface area contributed by atoms with E-state index >= 15 is 4.39 Å². The molecular weight excluding hydrogens is 736 g/mol. The highest BCUT2D eigenvalue weighted by atomic mass is 32.2. The first-order valence-corrected chi connectivity index (χ1v) is 19.0. The molecule has 1 amide bonds. The summed E-state index contributed by atoms with van der Waals surface area (Å²) in [6.45, 7) is 8.42. The van der Waals surface area contributed by atoms with Crippen LogP contribution >= 0.6 is 0 Å². The van der Waals surface area contributed by atoms with Crippen LogP contribution in [0.3, 0.4) is 0 Å². The number of fused-ring (bicyclic) bond motifs is 1. The quantitative estimate of drug-likeness (QED) is 0.0763. The molecule has 0 spiro atoms. The Hall–Kier alpha value is -5.74. The maximum atomic E-state index is 15.8. The summed E-state index contributed by atoms with van der Waals surface area (Å²) < 4.78 is 68.4. The Labute approximate surface area is 316 Å². The van der Waals surface area contributed by atoms with Crippen LogP contribution in [0.15, 0.2) is 88.8 Å². The molecule has 0 unspecified atom stereocenters. The summed E-state index contributed by atoms with van der Waals surface area (Å²) in [5.41, 5.74) is -0.520. The molecule has 5 aromatic rings. The second kappa shape index (κ2) is 15.5. The minimum atomic E-state index is -4.22. The third kappa shape index (κ3) is 8.49. The van der Waals surface area contributed by atoms with Crippen LogP contribution in [0.5, 0.6) is 17.2 Å². The van der Waals surface area contributed by atoms with Crippen molar-refractivity contribution in [1.29, 1.82) is 0 Å². The van der Waals surface area contributed by atoms with Gasteiger partial charge in [0.15, 0.2) is 11.5 Å². The van der Waals surface area contributed by atoms with Crippen LogP contribution in [0.1, 0.15) is 39.2 Å². The van der Waals surface area contributed by atoms with E-state index in [2.05, 4.69) is 0 Å². The lowest BCUT2D eigenvalue weighted by molar-refractivity contribution is -0.384. The van der Waals surface area contributed by atoms with Gasteiger partial charge in [0.2, 0.25) is 5.82 Å². The molecule has 6 rings (SSSR count). The SMILES string of the molecule is Cc1ccc(S(=O)(=O)n2ccc3c(-c4cc([N+](=O)[O-])ccc4Oc4cccc(OCCOC5CCN(C(=O)OC(C)(C)C)CC5)c4F)cn(C)c(=O)c32)cc1. The predicted octanol–water partition coefficient (Wildman–Crippen LogP) is 7.19. The molecule has 14 nitrogen and oxygen atoms in total. The molecule has 16 heteroatoms. The zero-order valence-corrected chi connectivity index (χ0v) is 31.8. The van der Waals surface area contributed by atoms with E-state index in [0.717, 1.165) is 9.54 Å². The normalized spacial score (nSPS) is 13.9. The van der Waals surface area contributed by atoms with E-state index in [1.807, 2.05) is 27.7 Å². The number of nitrogens with zero attached hydrogens (tertiary/aromatic N) is 4. The van der Waals surface area contributed by atoms with Crippen molar-refractivity contribution >= 4 is 32.7 Å². The number of hydrogen-bond acceptors (Lipinski definition) is 10. The topological polar surface area (TPSA) is 161 Å². The van der Waals surface area contributed by atoms with Gasteiger partial charge in [0.1, 0.15) is 23.5 Å². The zero-order valence-electron chi connectivity index (χ0n) is 31.0. The number of pyridine rings is 1. The summed E-state index contributed by atoms with van der Waals surface area (Å²) in [5, 5.41) is 12.1. The van der Waals surface area contributed by atoms with Gasteiger partial charge in [-0.25, -0.2) is 17.2 Å². The average Bonchev–Trinajstić information content (AvgIpc) is 3.60. The number of rotatable bonds is 11. The van der Waals surface area contributed by atoms with Gasteiger partial charge in [-0.15, -0.1) is 0 Å². The molecular formula is C39H41FN4O10S. The van der Waals surface area contributed by atoms with Crippen molar-refractivity contribution in [1.82, 2.24) is 13.4 Å². The molecule has 0 aliphatic carbocycles. The number of hydrogen-bond donors (Lipinski definition) is 0. The van der Waals surface area contributed by atoms with Crippen molar-refractivity contribution in [2.45, 2.75) is 57.1 Å². The maximum absolute atomic E-state index is 15.8. The molecule has 2 aromatic heterocycles. The van der Waals surface area contributed by atoms with Gasteiger partial charge >= 0.3 is 6.09 Å². The number of halogens is 1. The molecule has 0 bridgehead atoms. The fraction of sp³-hybridized carbons (Fsp3) is 0.333. The van der Waals surface area contributed by atoms with Gasteiger partial charge < -0.3 is 28.4 Å². The Morgan fingerprint density at radius 1 is 0.964 bits per heavy atom. The Kier molecular flexibility index (Phi) is 11.0. The minimum absolute atomic E-state index is 0.00296. The van der Waals surface area contributed by atoms with Crippen LogP contribution in [0.25, 0.3) is 22.0 Å². The van der Waals surface area contributed by atoms with Crippen LogP contribution in [-0.2, 0) is 26.5 Å². The Morgan fingerprint density at radius 2 is 1.65 bits per heavy atom. The number of likely N-dealkylation sites (tertiary alicyclic amines) is 1. The summed E-state index contributed by atoms with van der Waals surface area (Å²) in [6.07, 6.45) is 3.42. The maximum Gasteiger partial charge on any atom is 0.410 e. The van der Waals surface area contributed by atoms with Gasteiger partial charge in [-0.1, -0.05) is 23.8 Å². The van der Waals surface area contributed by atoms with Gasteiger partial charge in [0, 0.05) is 61.2 Å². The summed E-state index contributed by atoms with van der Waals surface area (Å²) in [4.78, 5) is 38.7. The Bertz CT molecular complexity index is 2410. The Morgan fingerprint density at radius 3 is 2.33 bits per heavy atom. The highest BCUT2D eigenvalue weighted by molar-refractivity contribution is 7.90. The van der Waals surface area contributed by atoms with E-state index in [1.54, 1.807) is 17.0 Å². The van der Waals surface area contributed by atoms with E-state index in [1.165, 1.54) is 78.6 Å². The number of carbonyl (C=O) groups is 1. The van der Waals surface area contributed by atoms with Crippen molar-refractivity contribution in [2.75, 3.05) is 26.3 Å². The van der Waals surface area contributed by atoms with Crippen molar-refractivity contribution in [3.05, 3.63) is 111 Å². The third-order valence-corrected chi connectivity index (χ3v) is 10.7. The molecule has 3 heterocycles. The minimum Gasteiger partial charge on any atom is -0.488 e. The molecule has 0 atom stereocenters. The summed E-state index contributed by atoms with van der Waals surface area (Å²) in [5.74, 6) is -1.20. The van der Waals surface area contributed by atoms with Crippen molar-refractivity contribution in [2.24, 2.45) is 7.05 Å². The van der Waals surface area contributed by atoms with Gasteiger partial charge in [-0.05, 0) is 76.9 Å². The average molecular weight is 777 g/mol. The van der Waals surface area contributed by atoms with Gasteiger partial charge in [0.05, 0.1) is 22.5 Å². The number of benzene rings is 3. The number of piperidine rings is 1.